The Hall–Kier alpha value is -2.43. The summed E-state index contributed by atoms with van der Waals surface area (Å²) in [5.74, 6) is -0.216. The lowest BCUT2D eigenvalue weighted by Crippen LogP contribution is -2.47. The number of carbonyl (C=O) groups is 1. The molecule has 1 aliphatic heterocycles. The van der Waals surface area contributed by atoms with Crippen molar-refractivity contribution in [3.63, 3.8) is 0 Å². The molecule has 0 bridgehead atoms. The smallest absolute Gasteiger partial charge is 0.227 e. The second-order valence-corrected chi connectivity index (χ2v) is 8.86. The molecular formula is C27H35NO3. The molecule has 0 aromatic rings. The SMILES string of the molecule is C/C=C/C=C/C[C@@H]1C[C@@H]2/C=C/C(C)=C/[C@H]3C=C[C@@H](O)[C@@H](O)[C@@H]3/C(C)=C/C=C/[C@H]2C(=O)N1. The van der Waals surface area contributed by atoms with Gasteiger partial charge in [0.1, 0.15) is 0 Å². The molecule has 7 atom stereocenters. The van der Waals surface area contributed by atoms with Crippen LogP contribution in [0.3, 0.4) is 0 Å². The van der Waals surface area contributed by atoms with Gasteiger partial charge in [-0.3, -0.25) is 4.79 Å². The van der Waals surface area contributed by atoms with E-state index in [0.29, 0.717) is 0 Å². The number of rotatable bonds is 3. The molecule has 1 saturated heterocycles. The third-order valence-corrected chi connectivity index (χ3v) is 6.46. The van der Waals surface area contributed by atoms with E-state index in [1.165, 1.54) is 0 Å². The third kappa shape index (κ3) is 5.84. The minimum atomic E-state index is -0.863. The Kier molecular flexibility index (Phi) is 8.05. The van der Waals surface area contributed by atoms with E-state index in [1.54, 1.807) is 6.08 Å². The summed E-state index contributed by atoms with van der Waals surface area (Å²) in [5.41, 5.74) is 2.08. The zero-order chi connectivity index (χ0) is 22.4. The van der Waals surface area contributed by atoms with Crippen LogP contribution in [-0.4, -0.2) is 34.4 Å². The van der Waals surface area contributed by atoms with Gasteiger partial charge < -0.3 is 15.5 Å². The van der Waals surface area contributed by atoms with E-state index in [1.807, 2.05) is 56.4 Å². The first kappa shape index (κ1) is 23.2. The molecule has 0 unspecified atom stereocenters. The van der Waals surface area contributed by atoms with Crippen LogP contribution >= 0.6 is 0 Å². The summed E-state index contributed by atoms with van der Waals surface area (Å²) in [6.07, 6.45) is 24.0. The normalized spacial score (nSPS) is 41.7. The Morgan fingerprint density at radius 3 is 2.71 bits per heavy atom. The number of nitrogens with one attached hydrogen (secondary N) is 1. The average Bonchev–Trinajstić information content (AvgIpc) is 2.73. The molecule has 3 rings (SSSR count). The van der Waals surface area contributed by atoms with Crippen molar-refractivity contribution in [3.8, 4) is 0 Å². The lowest BCUT2D eigenvalue weighted by atomic mass is 9.75. The highest BCUT2D eigenvalue weighted by molar-refractivity contribution is 5.82. The van der Waals surface area contributed by atoms with Gasteiger partial charge in [0.2, 0.25) is 5.91 Å². The van der Waals surface area contributed by atoms with Gasteiger partial charge in [0, 0.05) is 17.9 Å². The largest absolute Gasteiger partial charge is 0.389 e. The highest BCUT2D eigenvalue weighted by atomic mass is 16.3. The van der Waals surface area contributed by atoms with Crippen molar-refractivity contribution in [2.24, 2.45) is 23.7 Å². The van der Waals surface area contributed by atoms with Crippen LogP contribution in [0.2, 0.25) is 0 Å². The van der Waals surface area contributed by atoms with Crippen molar-refractivity contribution in [1.29, 1.82) is 0 Å². The van der Waals surface area contributed by atoms with Gasteiger partial charge in [-0.25, -0.2) is 0 Å². The lowest BCUT2D eigenvalue weighted by molar-refractivity contribution is -0.127. The molecule has 3 aliphatic rings. The second kappa shape index (κ2) is 10.7. The zero-order valence-corrected chi connectivity index (χ0v) is 18.7. The van der Waals surface area contributed by atoms with Gasteiger partial charge in [-0.05, 0) is 39.5 Å². The van der Waals surface area contributed by atoms with Crippen molar-refractivity contribution in [2.75, 3.05) is 0 Å². The molecule has 0 aromatic carbocycles. The molecule has 4 nitrogen and oxygen atoms in total. The molecule has 3 N–H and O–H groups in total. The number of allylic oxidation sites excluding steroid dienone is 10. The van der Waals surface area contributed by atoms with E-state index in [9.17, 15) is 15.0 Å². The molecular weight excluding hydrogens is 386 g/mol. The number of piperidine rings is 1. The highest BCUT2D eigenvalue weighted by Crippen LogP contribution is 2.34. The first-order valence-electron chi connectivity index (χ1n) is 11.2. The molecule has 0 saturated carbocycles. The van der Waals surface area contributed by atoms with E-state index in [2.05, 4.69) is 36.5 Å². The number of aliphatic hydroxyl groups is 2. The molecule has 0 aromatic heterocycles. The minimum Gasteiger partial charge on any atom is -0.389 e. The lowest BCUT2D eigenvalue weighted by Gasteiger charge is -2.35. The van der Waals surface area contributed by atoms with Gasteiger partial charge >= 0.3 is 0 Å². The molecule has 166 valence electrons. The Morgan fingerprint density at radius 1 is 1.13 bits per heavy atom. The van der Waals surface area contributed by atoms with Crippen LogP contribution in [0.5, 0.6) is 0 Å². The molecule has 1 fully saturated rings. The van der Waals surface area contributed by atoms with Crippen LogP contribution in [0.1, 0.15) is 33.6 Å². The summed E-state index contributed by atoms with van der Waals surface area (Å²) in [5, 5.41) is 23.9. The van der Waals surface area contributed by atoms with Crippen molar-refractivity contribution < 1.29 is 15.0 Å². The molecule has 2 aliphatic carbocycles. The fraction of sp³-hybridized carbons (Fsp3) is 0.444. The molecule has 1 amide bonds. The van der Waals surface area contributed by atoms with Crippen molar-refractivity contribution in [3.05, 3.63) is 84.1 Å². The van der Waals surface area contributed by atoms with Gasteiger partial charge in [-0.15, -0.1) is 0 Å². The second-order valence-electron chi connectivity index (χ2n) is 8.86. The monoisotopic (exact) mass is 421 g/mol. The topological polar surface area (TPSA) is 69.6 Å². The Morgan fingerprint density at radius 2 is 1.94 bits per heavy atom. The van der Waals surface area contributed by atoms with Gasteiger partial charge in [-0.2, -0.15) is 0 Å². The van der Waals surface area contributed by atoms with Crippen LogP contribution in [-0.2, 0) is 4.79 Å². The van der Waals surface area contributed by atoms with Crippen molar-refractivity contribution in [2.45, 2.75) is 51.9 Å². The first-order chi connectivity index (χ1) is 14.9. The van der Waals surface area contributed by atoms with E-state index < -0.39 is 12.2 Å². The number of hydrogen-bond acceptors (Lipinski definition) is 3. The van der Waals surface area contributed by atoms with Crippen LogP contribution in [0.15, 0.2) is 84.1 Å². The maximum Gasteiger partial charge on any atom is 0.227 e. The standard InChI is InChI=1S/C27H35NO3/c1-4-5-6-7-10-22-17-20-13-12-18(2)16-21-14-15-24(29)26(30)25(21)19(3)9-8-11-23(20)27(31)28-22/h4-9,11-16,20-26,29-30H,10,17H2,1-3H3,(H,28,31)/b5-4+,7-6+,11-8+,13-12+,18-16+,19-9+/t20-,21+,22+,23+,24+,25+,26+/m0/s1. The Balaban J connectivity index is 1.88. The quantitative estimate of drug-likeness (QED) is 0.473. The number of amides is 1. The molecule has 0 radical (unpaired) electrons. The molecule has 31 heavy (non-hydrogen) atoms. The summed E-state index contributed by atoms with van der Waals surface area (Å²) in [6, 6.07) is 0.130. The number of fused-ring (bicyclic) bond motifs is 2. The Bertz CT molecular complexity index is 858. The van der Waals surface area contributed by atoms with Crippen molar-refractivity contribution >= 4 is 5.91 Å². The van der Waals surface area contributed by atoms with Crippen molar-refractivity contribution in [1.82, 2.24) is 5.32 Å². The van der Waals surface area contributed by atoms with E-state index in [-0.39, 0.29) is 35.6 Å². The maximum atomic E-state index is 12.9. The van der Waals surface area contributed by atoms with Crippen LogP contribution < -0.4 is 5.32 Å². The predicted molar refractivity (Wildman–Crippen MR) is 126 cm³/mol. The van der Waals surface area contributed by atoms with Gasteiger partial charge in [0.15, 0.2) is 0 Å². The number of aliphatic hydroxyl groups excluding tert-OH is 2. The average molecular weight is 422 g/mol. The van der Waals surface area contributed by atoms with Gasteiger partial charge in [-0.1, -0.05) is 84.1 Å². The summed E-state index contributed by atoms with van der Waals surface area (Å²) >= 11 is 0. The van der Waals surface area contributed by atoms with E-state index >= 15 is 0 Å². The Labute approximate surface area is 186 Å². The molecule has 0 spiro atoms. The fourth-order valence-corrected chi connectivity index (χ4v) is 4.76. The van der Waals surface area contributed by atoms with E-state index in [4.69, 9.17) is 0 Å². The zero-order valence-electron chi connectivity index (χ0n) is 18.7. The summed E-state index contributed by atoms with van der Waals surface area (Å²) < 4.78 is 0. The van der Waals surface area contributed by atoms with Crippen LogP contribution in [0.4, 0.5) is 0 Å². The number of carbonyl (C=O) groups excluding carboxylic acids is 1. The van der Waals surface area contributed by atoms with E-state index in [0.717, 1.165) is 24.0 Å². The first-order valence-corrected chi connectivity index (χ1v) is 11.2. The summed E-state index contributed by atoms with van der Waals surface area (Å²) in [7, 11) is 0. The summed E-state index contributed by atoms with van der Waals surface area (Å²) in [4.78, 5) is 12.9. The molecule has 4 heteroatoms. The van der Waals surface area contributed by atoms with Gasteiger partial charge in [0.25, 0.3) is 0 Å². The minimum absolute atomic E-state index is 0.0158. The molecule has 1 heterocycles. The number of hydrogen-bond donors (Lipinski definition) is 3. The van der Waals surface area contributed by atoms with Crippen LogP contribution in [0, 0.1) is 23.7 Å². The predicted octanol–water partition coefficient (Wildman–Crippen LogP) is 4.17. The van der Waals surface area contributed by atoms with Crippen LogP contribution in [0.25, 0.3) is 0 Å². The summed E-state index contributed by atoms with van der Waals surface area (Å²) in [6.45, 7) is 6.02. The third-order valence-electron chi connectivity index (χ3n) is 6.46. The highest BCUT2D eigenvalue weighted by Gasteiger charge is 2.35. The fourth-order valence-electron chi connectivity index (χ4n) is 4.76. The van der Waals surface area contributed by atoms with Gasteiger partial charge in [0.05, 0.1) is 18.1 Å². The maximum absolute atomic E-state index is 12.9.